The highest BCUT2D eigenvalue weighted by Crippen LogP contribution is 2.44. The minimum Gasteiger partial charge on any atom is -0.386 e. The van der Waals surface area contributed by atoms with E-state index in [-0.39, 0.29) is 6.03 Å². The molecular formula is C14H15N3O2. The van der Waals surface area contributed by atoms with E-state index in [2.05, 4.69) is 5.32 Å². The van der Waals surface area contributed by atoms with Crippen LogP contribution in [0.1, 0.15) is 18.4 Å². The minimum absolute atomic E-state index is 0.199. The predicted octanol–water partition coefficient (Wildman–Crippen LogP) is 1.55. The molecule has 0 aromatic heterocycles. The molecule has 2 fully saturated rings. The highest BCUT2D eigenvalue weighted by Gasteiger charge is 2.53. The van der Waals surface area contributed by atoms with Crippen LogP contribution in [-0.2, 0) is 0 Å². The summed E-state index contributed by atoms with van der Waals surface area (Å²) in [5.41, 5.74) is 0.568. The smallest absolute Gasteiger partial charge is 0.322 e. The number of rotatable bonds is 2. The van der Waals surface area contributed by atoms with E-state index in [9.17, 15) is 9.90 Å². The molecule has 19 heavy (non-hydrogen) atoms. The monoisotopic (exact) mass is 257 g/mol. The molecular weight excluding hydrogens is 242 g/mol. The van der Waals surface area contributed by atoms with Crippen LogP contribution in [0.2, 0.25) is 0 Å². The molecule has 0 bridgehead atoms. The Morgan fingerprint density at radius 3 is 2.53 bits per heavy atom. The van der Waals surface area contributed by atoms with Gasteiger partial charge in [0.05, 0.1) is 24.7 Å². The van der Waals surface area contributed by atoms with Crippen LogP contribution in [0.15, 0.2) is 24.3 Å². The molecule has 3 rings (SSSR count). The predicted molar refractivity (Wildman–Crippen MR) is 69.4 cm³/mol. The fourth-order valence-corrected chi connectivity index (χ4v) is 2.47. The maximum atomic E-state index is 11.9. The summed E-state index contributed by atoms with van der Waals surface area (Å²) in [6, 6.07) is 8.54. The molecule has 1 aliphatic heterocycles. The molecule has 1 aliphatic carbocycles. The average molecular weight is 257 g/mol. The van der Waals surface area contributed by atoms with E-state index < -0.39 is 5.60 Å². The van der Waals surface area contributed by atoms with Gasteiger partial charge in [-0.3, -0.25) is 0 Å². The Hall–Kier alpha value is -2.06. The van der Waals surface area contributed by atoms with Crippen LogP contribution in [0.5, 0.6) is 0 Å². The molecule has 5 nitrogen and oxygen atoms in total. The van der Waals surface area contributed by atoms with Crippen molar-refractivity contribution >= 4 is 11.7 Å². The van der Waals surface area contributed by atoms with Crippen LogP contribution in [0.3, 0.4) is 0 Å². The zero-order chi connectivity index (χ0) is 13.5. The summed E-state index contributed by atoms with van der Waals surface area (Å²) in [4.78, 5) is 13.5. The van der Waals surface area contributed by atoms with Crippen molar-refractivity contribution in [2.45, 2.75) is 18.4 Å². The second kappa shape index (κ2) is 4.25. The maximum absolute atomic E-state index is 11.9. The van der Waals surface area contributed by atoms with E-state index in [1.165, 1.54) is 0 Å². The van der Waals surface area contributed by atoms with Crippen molar-refractivity contribution in [2.75, 3.05) is 18.4 Å². The molecule has 0 spiro atoms. The van der Waals surface area contributed by atoms with E-state index in [0.29, 0.717) is 30.3 Å². The highest BCUT2D eigenvalue weighted by molar-refractivity contribution is 5.90. The molecule has 1 aromatic rings. The van der Waals surface area contributed by atoms with E-state index in [0.717, 1.165) is 12.8 Å². The largest absolute Gasteiger partial charge is 0.386 e. The first-order valence-corrected chi connectivity index (χ1v) is 6.39. The van der Waals surface area contributed by atoms with Crippen LogP contribution < -0.4 is 5.32 Å². The molecule has 5 heteroatoms. The van der Waals surface area contributed by atoms with Gasteiger partial charge in [0.1, 0.15) is 5.60 Å². The molecule has 0 radical (unpaired) electrons. The molecule has 0 atom stereocenters. The summed E-state index contributed by atoms with van der Waals surface area (Å²) in [7, 11) is 0. The summed E-state index contributed by atoms with van der Waals surface area (Å²) < 4.78 is 0. The number of urea groups is 1. The van der Waals surface area contributed by atoms with Crippen molar-refractivity contribution in [3.8, 4) is 6.07 Å². The second-order valence-corrected chi connectivity index (χ2v) is 5.35. The molecule has 0 unspecified atom stereocenters. The number of amides is 2. The fourth-order valence-electron chi connectivity index (χ4n) is 2.47. The maximum Gasteiger partial charge on any atom is 0.322 e. The van der Waals surface area contributed by atoms with Crippen molar-refractivity contribution in [1.29, 1.82) is 5.26 Å². The number of nitrogens with one attached hydrogen (secondary N) is 1. The van der Waals surface area contributed by atoms with Crippen LogP contribution in [0.4, 0.5) is 10.5 Å². The quantitative estimate of drug-likeness (QED) is 0.843. The number of hydrogen-bond acceptors (Lipinski definition) is 3. The van der Waals surface area contributed by atoms with Crippen molar-refractivity contribution in [3.05, 3.63) is 29.8 Å². The first kappa shape index (κ1) is 12.0. The summed E-state index contributed by atoms with van der Waals surface area (Å²) >= 11 is 0. The Morgan fingerprint density at radius 2 is 2.00 bits per heavy atom. The van der Waals surface area contributed by atoms with Crippen LogP contribution in [-0.4, -0.2) is 34.7 Å². The number of β-amino-alcohol motifs (C(OH)–C–C–N with tert-alkyl or cyclic N) is 1. The van der Waals surface area contributed by atoms with Gasteiger partial charge >= 0.3 is 6.03 Å². The van der Waals surface area contributed by atoms with Gasteiger partial charge in [-0.2, -0.15) is 5.26 Å². The standard InChI is InChI=1S/C14H15N3O2/c15-7-10-1-5-12(6-2-10)16-13(18)17-8-14(19,9-17)11-3-4-11/h1-2,5-6,11,19H,3-4,8-9H2,(H,16,18). The van der Waals surface area contributed by atoms with Gasteiger partial charge in [0, 0.05) is 5.69 Å². The van der Waals surface area contributed by atoms with Gasteiger partial charge in [0.15, 0.2) is 0 Å². The third-order valence-electron chi connectivity index (χ3n) is 3.82. The fraction of sp³-hybridized carbons (Fsp3) is 0.429. The number of carbonyl (C=O) groups excluding carboxylic acids is 1. The summed E-state index contributed by atoms with van der Waals surface area (Å²) in [5.74, 6) is 0.381. The Morgan fingerprint density at radius 1 is 1.37 bits per heavy atom. The van der Waals surface area contributed by atoms with Gasteiger partial charge in [-0.25, -0.2) is 4.79 Å². The summed E-state index contributed by atoms with van der Waals surface area (Å²) in [5, 5.41) is 21.6. The van der Waals surface area contributed by atoms with E-state index in [1.807, 2.05) is 6.07 Å². The van der Waals surface area contributed by atoms with Gasteiger partial charge in [-0.05, 0) is 43.0 Å². The van der Waals surface area contributed by atoms with Crippen molar-refractivity contribution in [1.82, 2.24) is 4.90 Å². The van der Waals surface area contributed by atoms with Gasteiger partial charge in [0.2, 0.25) is 0 Å². The SMILES string of the molecule is N#Cc1ccc(NC(=O)N2CC(O)(C3CC3)C2)cc1. The Balaban J connectivity index is 1.56. The third-order valence-corrected chi connectivity index (χ3v) is 3.82. The van der Waals surface area contributed by atoms with Crippen molar-refractivity contribution < 1.29 is 9.90 Å². The molecule has 2 aliphatic rings. The number of hydrogen-bond donors (Lipinski definition) is 2. The Labute approximate surface area is 111 Å². The summed E-state index contributed by atoms with van der Waals surface area (Å²) in [6.45, 7) is 0.833. The third kappa shape index (κ3) is 2.27. The minimum atomic E-state index is -0.651. The van der Waals surface area contributed by atoms with Crippen molar-refractivity contribution in [3.63, 3.8) is 0 Å². The van der Waals surface area contributed by atoms with Gasteiger partial charge in [-0.15, -0.1) is 0 Å². The number of nitriles is 1. The van der Waals surface area contributed by atoms with E-state index in [1.54, 1.807) is 29.2 Å². The molecule has 1 saturated carbocycles. The molecule has 1 heterocycles. The number of nitrogens with zero attached hydrogens (tertiary/aromatic N) is 2. The molecule has 2 amide bonds. The highest BCUT2D eigenvalue weighted by atomic mass is 16.3. The van der Waals surface area contributed by atoms with Crippen LogP contribution in [0.25, 0.3) is 0 Å². The number of aliphatic hydroxyl groups is 1. The topological polar surface area (TPSA) is 76.4 Å². The lowest BCUT2D eigenvalue weighted by molar-refractivity contribution is -0.0897. The molecule has 1 saturated heterocycles. The van der Waals surface area contributed by atoms with Crippen molar-refractivity contribution in [2.24, 2.45) is 5.92 Å². The van der Waals surface area contributed by atoms with E-state index in [4.69, 9.17) is 5.26 Å². The second-order valence-electron chi connectivity index (χ2n) is 5.35. The zero-order valence-electron chi connectivity index (χ0n) is 10.5. The number of anilines is 1. The number of likely N-dealkylation sites (tertiary alicyclic amines) is 1. The molecule has 2 N–H and O–H groups in total. The van der Waals surface area contributed by atoms with Crippen LogP contribution >= 0.6 is 0 Å². The Bertz CT molecular complexity index is 537. The summed E-state index contributed by atoms with van der Waals surface area (Å²) in [6.07, 6.45) is 2.14. The Kier molecular flexibility index (Phi) is 2.68. The lowest BCUT2D eigenvalue weighted by Gasteiger charge is -2.46. The van der Waals surface area contributed by atoms with E-state index >= 15 is 0 Å². The molecule has 1 aromatic carbocycles. The number of carbonyl (C=O) groups is 1. The normalized spacial score (nSPS) is 20.3. The van der Waals surface area contributed by atoms with Gasteiger partial charge in [-0.1, -0.05) is 0 Å². The lowest BCUT2D eigenvalue weighted by Crippen LogP contribution is -2.65. The first-order chi connectivity index (χ1) is 9.10. The lowest BCUT2D eigenvalue weighted by atomic mass is 9.89. The first-order valence-electron chi connectivity index (χ1n) is 6.39. The van der Waals surface area contributed by atoms with Gasteiger partial charge in [0.25, 0.3) is 0 Å². The molecule has 98 valence electrons. The number of benzene rings is 1. The average Bonchev–Trinajstić information content (AvgIpc) is 3.20. The van der Waals surface area contributed by atoms with Gasteiger partial charge < -0.3 is 15.3 Å². The van der Waals surface area contributed by atoms with Crippen LogP contribution in [0, 0.1) is 17.2 Å². The zero-order valence-corrected chi connectivity index (χ0v) is 10.5.